The van der Waals surface area contributed by atoms with Crippen LogP contribution in [0.25, 0.3) is 0 Å². The summed E-state index contributed by atoms with van der Waals surface area (Å²) in [5, 5.41) is 3.38. The van der Waals surface area contributed by atoms with E-state index in [0.29, 0.717) is 12.1 Å². The highest BCUT2D eigenvalue weighted by molar-refractivity contribution is 7.91. The summed E-state index contributed by atoms with van der Waals surface area (Å²) in [5.74, 6) is 1.75. The molecule has 0 aliphatic carbocycles. The van der Waals surface area contributed by atoms with Crippen LogP contribution >= 0.6 is 0 Å². The molecule has 0 amide bonds. The van der Waals surface area contributed by atoms with E-state index in [2.05, 4.69) is 19.2 Å². The molecule has 1 aliphatic heterocycles. The molecule has 2 unspecified atom stereocenters. The van der Waals surface area contributed by atoms with Gasteiger partial charge in [-0.2, -0.15) is 0 Å². The minimum atomic E-state index is -0.532. The zero-order valence-corrected chi connectivity index (χ0v) is 7.41. The van der Waals surface area contributed by atoms with E-state index in [9.17, 15) is 4.55 Å². The Morgan fingerprint density at radius 1 is 1.60 bits per heavy atom. The van der Waals surface area contributed by atoms with Gasteiger partial charge in [-0.1, -0.05) is 25.0 Å². The first-order valence-electron chi connectivity index (χ1n) is 3.79. The smallest absolute Gasteiger partial charge is 0.121 e. The van der Waals surface area contributed by atoms with Gasteiger partial charge in [0, 0.05) is 12.5 Å². The molecule has 1 aliphatic rings. The third kappa shape index (κ3) is 2.48. The fraction of sp³-hybridized carbons (Fsp3) is 1.00. The van der Waals surface area contributed by atoms with Crippen molar-refractivity contribution in [1.82, 2.24) is 5.32 Å². The lowest BCUT2D eigenvalue weighted by Crippen LogP contribution is -2.35. The molecule has 3 heteroatoms. The van der Waals surface area contributed by atoms with Crippen molar-refractivity contribution in [2.75, 3.05) is 11.5 Å². The summed E-state index contributed by atoms with van der Waals surface area (Å²) in [7, 11) is 0. The van der Waals surface area contributed by atoms with Gasteiger partial charge in [0.25, 0.3) is 0 Å². The molecule has 0 spiro atoms. The summed E-state index contributed by atoms with van der Waals surface area (Å²) in [4.78, 5) is 0. The highest BCUT2D eigenvalue weighted by Crippen LogP contribution is 2.11. The molecular weight excluding hydrogens is 146 g/mol. The molecule has 60 valence electrons. The Balaban J connectivity index is 2.18. The predicted molar refractivity (Wildman–Crippen MR) is 44.6 cm³/mol. The van der Waals surface area contributed by atoms with E-state index < -0.39 is 11.2 Å². The summed E-state index contributed by atoms with van der Waals surface area (Å²) in [6.45, 7) is 4.25. The number of rotatable bonds is 2. The van der Waals surface area contributed by atoms with Crippen molar-refractivity contribution in [2.24, 2.45) is 0 Å². The third-order valence-corrected chi connectivity index (χ3v) is 3.12. The van der Waals surface area contributed by atoms with Gasteiger partial charge < -0.3 is 9.87 Å². The average molecular weight is 161 g/mol. The second-order valence-corrected chi connectivity index (χ2v) is 4.74. The quantitative estimate of drug-likeness (QED) is 0.599. The van der Waals surface area contributed by atoms with Crippen LogP contribution in [0.3, 0.4) is 0 Å². The Bertz CT molecular complexity index is 108. The first kappa shape index (κ1) is 8.37. The molecule has 0 aromatic heterocycles. The second-order valence-electron chi connectivity index (χ2n) is 3.12. The van der Waals surface area contributed by atoms with Crippen LogP contribution in [0, 0.1) is 0 Å². The molecule has 10 heavy (non-hydrogen) atoms. The molecule has 0 aromatic carbocycles. The van der Waals surface area contributed by atoms with Gasteiger partial charge in [0.15, 0.2) is 0 Å². The lowest BCUT2D eigenvalue weighted by Gasteiger charge is -2.12. The second kappa shape index (κ2) is 3.60. The highest BCUT2D eigenvalue weighted by Gasteiger charge is 2.25. The molecule has 2 atom stereocenters. The Kier molecular flexibility index (Phi) is 3.01. The van der Waals surface area contributed by atoms with Gasteiger partial charge in [-0.05, 0) is 0 Å². The van der Waals surface area contributed by atoms with Gasteiger partial charge >= 0.3 is 0 Å². The van der Waals surface area contributed by atoms with E-state index in [1.54, 1.807) is 0 Å². The molecule has 1 saturated heterocycles. The predicted octanol–water partition coefficient (Wildman–Crippen LogP) is 0.505. The largest absolute Gasteiger partial charge is 0.616 e. The van der Waals surface area contributed by atoms with E-state index in [1.807, 2.05) is 0 Å². The zero-order valence-electron chi connectivity index (χ0n) is 6.59. The van der Waals surface area contributed by atoms with Gasteiger partial charge in [-0.3, -0.25) is 0 Å². The maximum absolute atomic E-state index is 10.9. The van der Waals surface area contributed by atoms with Crippen molar-refractivity contribution >= 4 is 11.2 Å². The van der Waals surface area contributed by atoms with E-state index in [1.165, 1.54) is 0 Å². The van der Waals surface area contributed by atoms with Crippen LogP contribution in [-0.4, -0.2) is 28.1 Å². The molecule has 1 heterocycles. The van der Waals surface area contributed by atoms with E-state index >= 15 is 0 Å². The normalized spacial score (nSPS) is 33.6. The van der Waals surface area contributed by atoms with Gasteiger partial charge in [0.2, 0.25) is 0 Å². The molecule has 2 nitrogen and oxygen atoms in total. The zero-order chi connectivity index (χ0) is 7.56. The number of nitrogens with one attached hydrogen (secondary N) is 1. The van der Waals surface area contributed by atoms with E-state index in [-0.39, 0.29) is 0 Å². The van der Waals surface area contributed by atoms with Crippen molar-refractivity contribution in [3.8, 4) is 0 Å². The van der Waals surface area contributed by atoms with Crippen LogP contribution in [0.5, 0.6) is 0 Å². The standard InChI is InChI=1S/C7H15NOS/c1-6(2)8-7-3-4-10(9)5-7/h6-8H,3-5H2,1-2H3. The Hall–Kier alpha value is 0.270. The molecule has 0 bridgehead atoms. The van der Waals surface area contributed by atoms with E-state index in [4.69, 9.17) is 0 Å². The molecular formula is C7H15NOS. The van der Waals surface area contributed by atoms with Crippen LogP contribution < -0.4 is 5.32 Å². The minimum absolute atomic E-state index is 0.515. The topological polar surface area (TPSA) is 35.1 Å². The molecule has 0 aromatic rings. The number of hydrogen-bond donors (Lipinski definition) is 1. The Labute approximate surface area is 65.6 Å². The lowest BCUT2D eigenvalue weighted by molar-refractivity contribution is 0.495. The van der Waals surface area contributed by atoms with Crippen molar-refractivity contribution < 1.29 is 4.55 Å². The van der Waals surface area contributed by atoms with Crippen LogP contribution in [0.15, 0.2) is 0 Å². The van der Waals surface area contributed by atoms with Gasteiger partial charge in [-0.25, -0.2) is 0 Å². The van der Waals surface area contributed by atoms with Crippen LogP contribution in [0.4, 0.5) is 0 Å². The first-order valence-corrected chi connectivity index (χ1v) is 5.28. The summed E-state index contributed by atoms with van der Waals surface area (Å²) in [6, 6.07) is 1.04. The van der Waals surface area contributed by atoms with Gasteiger partial charge in [-0.15, -0.1) is 0 Å². The molecule has 1 N–H and O–H groups in total. The van der Waals surface area contributed by atoms with Crippen LogP contribution in [0.1, 0.15) is 20.3 Å². The molecule has 0 saturated carbocycles. The monoisotopic (exact) mass is 161 g/mol. The van der Waals surface area contributed by atoms with E-state index in [0.717, 1.165) is 17.9 Å². The Morgan fingerprint density at radius 3 is 2.70 bits per heavy atom. The van der Waals surface area contributed by atoms with Gasteiger partial charge in [0.05, 0.1) is 6.04 Å². The number of hydrogen-bond acceptors (Lipinski definition) is 2. The van der Waals surface area contributed by atoms with Crippen molar-refractivity contribution in [1.29, 1.82) is 0 Å². The lowest BCUT2D eigenvalue weighted by atomic mass is 10.2. The average Bonchev–Trinajstić information content (AvgIpc) is 2.13. The summed E-state index contributed by atoms with van der Waals surface area (Å²) >= 11 is -0.532. The van der Waals surface area contributed by atoms with Gasteiger partial charge in [0.1, 0.15) is 11.5 Å². The summed E-state index contributed by atoms with van der Waals surface area (Å²) < 4.78 is 10.9. The Morgan fingerprint density at radius 2 is 2.30 bits per heavy atom. The summed E-state index contributed by atoms with van der Waals surface area (Å²) in [5.41, 5.74) is 0. The SMILES string of the molecule is CC(C)NC1CC[S+]([O-])C1. The highest BCUT2D eigenvalue weighted by atomic mass is 32.2. The third-order valence-electron chi connectivity index (χ3n) is 1.65. The van der Waals surface area contributed by atoms with Crippen molar-refractivity contribution in [2.45, 2.75) is 32.4 Å². The van der Waals surface area contributed by atoms with Crippen LogP contribution in [-0.2, 0) is 11.2 Å². The fourth-order valence-corrected chi connectivity index (χ4v) is 2.69. The molecule has 1 fully saturated rings. The fourth-order valence-electron chi connectivity index (χ4n) is 1.27. The maximum atomic E-state index is 10.9. The molecule has 0 radical (unpaired) electrons. The van der Waals surface area contributed by atoms with Crippen molar-refractivity contribution in [3.63, 3.8) is 0 Å². The first-order chi connectivity index (χ1) is 4.68. The minimum Gasteiger partial charge on any atom is -0.616 e. The maximum Gasteiger partial charge on any atom is 0.121 e. The summed E-state index contributed by atoms with van der Waals surface area (Å²) in [6.07, 6.45) is 1.09. The van der Waals surface area contributed by atoms with Crippen molar-refractivity contribution in [3.05, 3.63) is 0 Å². The molecule has 1 rings (SSSR count). The van der Waals surface area contributed by atoms with Crippen LogP contribution in [0.2, 0.25) is 0 Å².